The third-order valence-electron chi connectivity index (χ3n) is 4.89. The van der Waals surface area contributed by atoms with Gasteiger partial charge in [0.1, 0.15) is 11.9 Å². The summed E-state index contributed by atoms with van der Waals surface area (Å²) >= 11 is 0. The van der Waals surface area contributed by atoms with Crippen molar-refractivity contribution in [3.63, 3.8) is 0 Å². The molecule has 5 heteroatoms. The fourth-order valence-corrected chi connectivity index (χ4v) is 3.46. The Labute approximate surface area is 167 Å². The predicted octanol–water partition coefficient (Wildman–Crippen LogP) is 5.49. The highest BCUT2D eigenvalue weighted by molar-refractivity contribution is 5.67. The normalized spacial score (nSPS) is 19.3. The molecule has 2 rings (SSSR count). The second-order valence-corrected chi connectivity index (χ2v) is 8.38. The minimum absolute atomic E-state index is 0. The largest absolute Gasteiger partial charge is 0.444 e. The van der Waals surface area contributed by atoms with Crippen molar-refractivity contribution in [2.24, 2.45) is 11.8 Å². The van der Waals surface area contributed by atoms with E-state index in [0.29, 0.717) is 18.4 Å². The molecule has 2 fully saturated rings. The van der Waals surface area contributed by atoms with Gasteiger partial charge in [-0.2, -0.15) is 0 Å². The smallest absolute Gasteiger partial charge is 0.407 e. The summed E-state index contributed by atoms with van der Waals surface area (Å²) in [5, 5.41) is 12.6. The molecule has 0 heterocycles. The number of ether oxygens (including phenoxy) is 1. The quantitative estimate of drug-likeness (QED) is 0.625. The zero-order chi connectivity index (χ0) is 18.7. The maximum Gasteiger partial charge on any atom is 0.407 e. The van der Waals surface area contributed by atoms with Crippen molar-refractivity contribution in [2.75, 3.05) is 6.54 Å². The molecule has 1 atom stereocenters. The Morgan fingerprint density at radius 3 is 1.93 bits per heavy atom. The van der Waals surface area contributed by atoms with Gasteiger partial charge < -0.3 is 20.0 Å². The molecule has 1 unspecified atom stereocenters. The number of amides is 1. The zero-order valence-corrected chi connectivity index (χ0v) is 16.3. The van der Waals surface area contributed by atoms with Crippen molar-refractivity contribution in [2.45, 2.75) is 112 Å². The molecule has 2 aliphatic rings. The van der Waals surface area contributed by atoms with Gasteiger partial charge in [-0.3, -0.25) is 0 Å². The van der Waals surface area contributed by atoms with E-state index >= 15 is 0 Å². The Morgan fingerprint density at radius 2 is 1.52 bits per heavy atom. The van der Waals surface area contributed by atoms with Gasteiger partial charge >= 0.3 is 6.09 Å². The molecule has 0 aliphatic heterocycles. The lowest BCUT2D eigenvalue weighted by Crippen LogP contribution is -2.39. The number of rotatable bonds is 4. The average Bonchev–Trinajstić information content (AvgIpc) is 2.60. The molecule has 0 aromatic carbocycles. The molecule has 0 saturated heterocycles. The first-order valence-electron chi connectivity index (χ1n) is 9.92. The van der Waals surface area contributed by atoms with Crippen LogP contribution in [0.3, 0.4) is 0 Å². The van der Waals surface area contributed by atoms with Crippen LogP contribution >= 0.6 is 0 Å². The van der Waals surface area contributed by atoms with Crippen LogP contribution in [0.2, 0.25) is 0 Å². The minimum Gasteiger partial charge on any atom is -0.444 e. The number of nitrogens with one attached hydrogen (secondary N) is 1. The van der Waals surface area contributed by atoms with E-state index in [1.807, 2.05) is 20.8 Å². The van der Waals surface area contributed by atoms with Crippen molar-refractivity contribution in [1.82, 2.24) is 5.32 Å². The van der Waals surface area contributed by atoms with Crippen molar-refractivity contribution in [3.8, 4) is 0 Å². The van der Waals surface area contributed by atoms with Crippen LogP contribution in [0, 0.1) is 11.8 Å². The SMILES string of the molecule is C.C.CC(C)(C)OC(=O)NCC(O)C1CCCCC1.O=CC1CCCCC1. The zero-order valence-electron chi connectivity index (χ0n) is 16.3. The van der Waals surface area contributed by atoms with E-state index in [1.54, 1.807) is 0 Å². The second kappa shape index (κ2) is 14.9. The van der Waals surface area contributed by atoms with E-state index in [9.17, 15) is 14.7 Å². The molecule has 0 spiro atoms. The van der Waals surface area contributed by atoms with Crippen LogP contribution in [-0.4, -0.2) is 35.7 Å². The summed E-state index contributed by atoms with van der Waals surface area (Å²) in [5.74, 6) is 0.738. The maximum absolute atomic E-state index is 11.4. The maximum atomic E-state index is 11.4. The number of aldehydes is 1. The third kappa shape index (κ3) is 13.7. The first kappa shape index (κ1) is 28.1. The fourth-order valence-electron chi connectivity index (χ4n) is 3.46. The monoisotopic (exact) mass is 387 g/mol. The summed E-state index contributed by atoms with van der Waals surface area (Å²) in [4.78, 5) is 21.6. The number of hydrogen-bond acceptors (Lipinski definition) is 4. The Morgan fingerprint density at radius 1 is 1.04 bits per heavy atom. The summed E-state index contributed by atoms with van der Waals surface area (Å²) in [5.41, 5.74) is -0.486. The van der Waals surface area contributed by atoms with Gasteiger partial charge in [0.05, 0.1) is 6.10 Å². The predicted molar refractivity (Wildman–Crippen MR) is 113 cm³/mol. The summed E-state index contributed by atoms with van der Waals surface area (Å²) in [7, 11) is 0. The Bertz CT molecular complexity index is 380. The van der Waals surface area contributed by atoms with Crippen LogP contribution in [0.15, 0.2) is 0 Å². The number of alkyl carbamates (subject to hydrolysis) is 1. The molecular formula is C22H45NO4. The van der Waals surface area contributed by atoms with Gasteiger partial charge in [0.15, 0.2) is 0 Å². The molecule has 0 radical (unpaired) electrons. The average molecular weight is 388 g/mol. The van der Waals surface area contributed by atoms with E-state index in [1.165, 1.54) is 38.5 Å². The summed E-state index contributed by atoms with van der Waals surface area (Å²) < 4.78 is 5.11. The van der Waals surface area contributed by atoms with Gasteiger partial charge in [-0.05, 0) is 52.4 Å². The van der Waals surface area contributed by atoms with Gasteiger partial charge in [-0.15, -0.1) is 0 Å². The highest BCUT2D eigenvalue weighted by Crippen LogP contribution is 2.26. The standard InChI is InChI=1S/C13H25NO3.C7H12O.2CH4/c1-13(2,3)17-12(16)14-9-11(15)10-7-5-4-6-8-10;8-6-7-4-2-1-3-5-7;;/h10-11,15H,4-9H2,1-3H3,(H,14,16);6-7H,1-5H2;2*1H4. The molecule has 0 aromatic rings. The Balaban J connectivity index is 0. The van der Waals surface area contributed by atoms with E-state index in [2.05, 4.69) is 5.32 Å². The lowest BCUT2D eigenvalue weighted by Gasteiger charge is -2.27. The van der Waals surface area contributed by atoms with Crippen molar-refractivity contribution in [1.29, 1.82) is 0 Å². The van der Waals surface area contributed by atoms with E-state index in [4.69, 9.17) is 4.74 Å². The van der Waals surface area contributed by atoms with Crippen molar-refractivity contribution < 1.29 is 19.4 Å². The lowest BCUT2D eigenvalue weighted by molar-refractivity contribution is -0.111. The third-order valence-corrected chi connectivity index (χ3v) is 4.89. The topological polar surface area (TPSA) is 75.6 Å². The molecule has 162 valence electrons. The van der Waals surface area contributed by atoms with Crippen LogP contribution in [0.4, 0.5) is 4.79 Å². The molecule has 1 amide bonds. The molecule has 27 heavy (non-hydrogen) atoms. The van der Waals surface area contributed by atoms with E-state index < -0.39 is 17.8 Å². The van der Waals surface area contributed by atoms with Crippen LogP contribution in [0.1, 0.15) is 99.8 Å². The van der Waals surface area contributed by atoms with Gasteiger partial charge in [-0.1, -0.05) is 53.4 Å². The first-order valence-corrected chi connectivity index (χ1v) is 9.92. The summed E-state index contributed by atoms with van der Waals surface area (Å²) in [6.07, 6.45) is 12.2. The highest BCUT2D eigenvalue weighted by atomic mass is 16.6. The Kier molecular flexibility index (Phi) is 15.5. The number of carbonyl (C=O) groups excluding carboxylic acids is 2. The van der Waals surface area contributed by atoms with Gasteiger partial charge in [0.2, 0.25) is 0 Å². The van der Waals surface area contributed by atoms with E-state index in [-0.39, 0.29) is 14.9 Å². The second-order valence-electron chi connectivity index (χ2n) is 8.38. The number of aliphatic hydroxyl groups is 1. The van der Waals surface area contributed by atoms with Crippen LogP contribution in [0.25, 0.3) is 0 Å². The highest BCUT2D eigenvalue weighted by Gasteiger charge is 2.23. The number of hydrogen-bond donors (Lipinski definition) is 2. The van der Waals surface area contributed by atoms with Crippen LogP contribution in [-0.2, 0) is 9.53 Å². The molecule has 0 bridgehead atoms. The summed E-state index contributed by atoms with van der Waals surface area (Å²) in [6.45, 7) is 5.76. The van der Waals surface area contributed by atoms with Crippen molar-refractivity contribution in [3.05, 3.63) is 0 Å². The van der Waals surface area contributed by atoms with Gasteiger partial charge in [0.25, 0.3) is 0 Å². The lowest BCUT2D eigenvalue weighted by atomic mass is 9.85. The van der Waals surface area contributed by atoms with Crippen molar-refractivity contribution >= 4 is 12.4 Å². The fraction of sp³-hybridized carbons (Fsp3) is 0.909. The summed E-state index contributed by atoms with van der Waals surface area (Å²) in [6, 6.07) is 0. The number of aliphatic hydroxyl groups excluding tert-OH is 1. The molecule has 0 aromatic heterocycles. The molecule has 2 aliphatic carbocycles. The van der Waals surface area contributed by atoms with Gasteiger partial charge in [-0.25, -0.2) is 4.79 Å². The van der Waals surface area contributed by atoms with Crippen LogP contribution in [0.5, 0.6) is 0 Å². The first-order chi connectivity index (χ1) is 11.8. The minimum atomic E-state index is -0.486. The molecule has 2 N–H and O–H groups in total. The molecule has 2 saturated carbocycles. The Hall–Kier alpha value is -1.10. The van der Waals surface area contributed by atoms with E-state index in [0.717, 1.165) is 32.0 Å². The molecule has 5 nitrogen and oxygen atoms in total. The number of carbonyl (C=O) groups is 2. The molecular weight excluding hydrogens is 342 g/mol. The van der Waals surface area contributed by atoms with Gasteiger partial charge in [0, 0.05) is 12.5 Å². The van der Waals surface area contributed by atoms with Crippen LogP contribution < -0.4 is 5.32 Å².